The van der Waals surface area contributed by atoms with E-state index in [9.17, 15) is 4.79 Å². The number of nitrogens with two attached hydrogens (primary N) is 1. The van der Waals surface area contributed by atoms with Crippen LogP contribution < -0.4 is 10.5 Å². The summed E-state index contributed by atoms with van der Waals surface area (Å²) in [4.78, 5) is 12.9. The largest absolute Gasteiger partial charge is 0.426 e. The Hall–Kier alpha value is -2.21. The monoisotopic (exact) mass is 523 g/mol. The van der Waals surface area contributed by atoms with Crippen molar-refractivity contribution in [1.82, 2.24) is 0 Å². The molecule has 4 rings (SSSR count). The number of fused-ring (bicyclic) bond motifs is 2. The highest BCUT2D eigenvalue weighted by Gasteiger charge is 2.30. The van der Waals surface area contributed by atoms with Crippen LogP contribution in [-0.4, -0.2) is 5.97 Å². The van der Waals surface area contributed by atoms with Gasteiger partial charge in [-0.05, 0) is 100 Å². The van der Waals surface area contributed by atoms with Gasteiger partial charge in [0.15, 0.2) is 0 Å². The predicted molar refractivity (Wildman–Crippen MR) is 144 cm³/mol. The van der Waals surface area contributed by atoms with Crippen LogP contribution in [0.2, 0.25) is 0 Å². The zero-order valence-electron chi connectivity index (χ0n) is 20.1. The molecule has 33 heavy (non-hydrogen) atoms. The van der Waals surface area contributed by atoms with Crippen molar-refractivity contribution in [3.8, 4) is 16.9 Å². The van der Waals surface area contributed by atoms with Crippen molar-refractivity contribution < 1.29 is 9.53 Å². The van der Waals surface area contributed by atoms with Gasteiger partial charge in [-0.2, -0.15) is 0 Å². The summed E-state index contributed by atoms with van der Waals surface area (Å²) in [5.41, 5.74) is 12.0. The third-order valence-electron chi connectivity index (χ3n) is 6.74. The molecule has 2 N–H and O–H groups in total. The average molecular weight is 525 g/mol. The van der Waals surface area contributed by atoms with Crippen LogP contribution in [0.1, 0.15) is 55.2 Å². The number of halogens is 1. The van der Waals surface area contributed by atoms with Crippen LogP contribution >= 0.6 is 27.3 Å². The lowest BCUT2D eigenvalue weighted by Gasteiger charge is -2.26. The Morgan fingerprint density at radius 2 is 1.64 bits per heavy atom. The molecule has 172 valence electrons. The highest BCUT2D eigenvalue weighted by molar-refractivity contribution is 9.11. The van der Waals surface area contributed by atoms with Gasteiger partial charge in [0, 0.05) is 21.7 Å². The number of carbonyl (C=O) groups is 1. The summed E-state index contributed by atoms with van der Waals surface area (Å²) in [5, 5.41) is 3.62. The second-order valence-electron chi connectivity index (χ2n) is 8.89. The van der Waals surface area contributed by atoms with E-state index >= 15 is 0 Å². The van der Waals surface area contributed by atoms with Gasteiger partial charge >= 0.3 is 5.97 Å². The van der Waals surface area contributed by atoms with E-state index in [2.05, 4.69) is 73.1 Å². The molecule has 3 nitrogen and oxygen atoms in total. The Morgan fingerprint density at radius 1 is 1.06 bits per heavy atom. The number of thiophene rings is 1. The van der Waals surface area contributed by atoms with Gasteiger partial charge in [-0.1, -0.05) is 38.1 Å². The molecule has 0 spiro atoms. The quantitative estimate of drug-likeness (QED) is 0.211. The van der Waals surface area contributed by atoms with Crippen LogP contribution in [-0.2, 0) is 10.3 Å². The van der Waals surface area contributed by atoms with Crippen LogP contribution in [0.25, 0.3) is 32.0 Å². The molecule has 4 aromatic rings. The van der Waals surface area contributed by atoms with Gasteiger partial charge in [-0.15, -0.1) is 11.3 Å². The van der Waals surface area contributed by atoms with Crippen LogP contribution in [0.15, 0.2) is 40.9 Å². The van der Waals surface area contributed by atoms with Crippen LogP contribution in [0.4, 0.5) is 0 Å². The first-order valence-corrected chi connectivity index (χ1v) is 13.0. The van der Waals surface area contributed by atoms with Crippen molar-refractivity contribution in [2.24, 2.45) is 5.73 Å². The van der Waals surface area contributed by atoms with Gasteiger partial charge < -0.3 is 10.5 Å². The van der Waals surface area contributed by atoms with Crippen molar-refractivity contribution in [3.05, 3.63) is 62.4 Å². The highest BCUT2D eigenvalue weighted by Crippen LogP contribution is 2.50. The summed E-state index contributed by atoms with van der Waals surface area (Å²) in [5.74, 6) is 0.340. The zero-order chi connectivity index (χ0) is 24.1. The van der Waals surface area contributed by atoms with E-state index < -0.39 is 0 Å². The van der Waals surface area contributed by atoms with Crippen LogP contribution in [0.3, 0.4) is 0 Å². The molecule has 0 atom stereocenters. The lowest BCUT2D eigenvalue weighted by Crippen LogP contribution is -2.34. The predicted octanol–water partition coefficient (Wildman–Crippen LogP) is 8.31. The summed E-state index contributed by atoms with van der Waals surface area (Å²) in [6.45, 7) is 12.0. The summed E-state index contributed by atoms with van der Waals surface area (Å²) in [7, 11) is 0. The molecule has 1 aromatic heterocycles. The van der Waals surface area contributed by atoms with Crippen molar-refractivity contribution in [1.29, 1.82) is 0 Å². The molecule has 0 aliphatic rings. The smallest absolute Gasteiger partial charge is 0.308 e. The van der Waals surface area contributed by atoms with E-state index in [1.54, 1.807) is 0 Å². The first-order valence-electron chi connectivity index (χ1n) is 11.4. The molecule has 0 unspecified atom stereocenters. The van der Waals surface area contributed by atoms with Crippen molar-refractivity contribution in [2.45, 2.75) is 59.9 Å². The molecule has 1 heterocycles. The standard InChI is InChI=1S/C28H30BrNO2S/c1-7-28(30,8-2)27-17(5)22-23(19-13-15(3)25(16(4)14-19)32-18(6)31)20-11-9-10-12-21(20)24(29)26(22)33-27/h9-14H,7-8,30H2,1-6H3. The van der Waals surface area contributed by atoms with E-state index in [1.165, 1.54) is 43.8 Å². The Kier molecular flexibility index (Phi) is 6.43. The van der Waals surface area contributed by atoms with Crippen molar-refractivity contribution in [2.75, 3.05) is 0 Å². The Labute approximate surface area is 208 Å². The summed E-state index contributed by atoms with van der Waals surface area (Å²) >= 11 is 5.74. The van der Waals surface area contributed by atoms with Crippen molar-refractivity contribution >= 4 is 54.1 Å². The molecule has 0 aliphatic carbocycles. The van der Waals surface area contributed by atoms with E-state index in [4.69, 9.17) is 10.5 Å². The molecule has 0 saturated carbocycles. The average Bonchev–Trinajstić information content (AvgIpc) is 3.14. The molecule has 3 aromatic carbocycles. The third kappa shape index (κ3) is 3.90. The first-order chi connectivity index (χ1) is 15.6. The maximum Gasteiger partial charge on any atom is 0.308 e. The zero-order valence-corrected chi connectivity index (χ0v) is 22.5. The van der Waals surface area contributed by atoms with Crippen LogP contribution in [0.5, 0.6) is 5.75 Å². The second-order valence-corrected chi connectivity index (χ2v) is 10.7. The molecule has 0 radical (unpaired) electrons. The molecule has 0 amide bonds. The maximum atomic E-state index is 11.6. The number of hydrogen-bond acceptors (Lipinski definition) is 4. The van der Waals surface area contributed by atoms with E-state index in [0.29, 0.717) is 5.75 Å². The fraction of sp³-hybridized carbons (Fsp3) is 0.321. The second kappa shape index (κ2) is 8.86. The minimum absolute atomic E-state index is 0.304. The molecule has 0 bridgehead atoms. The topological polar surface area (TPSA) is 52.3 Å². The molecular formula is C28H30BrNO2S. The normalized spacial score (nSPS) is 12.0. The number of ether oxygens (including phenoxy) is 1. The Morgan fingerprint density at radius 3 is 2.18 bits per heavy atom. The van der Waals surface area contributed by atoms with Gasteiger partial charge in [-0.3, -0.25) is 4.79 Å². The van der Waals surface area contributed by atoms with E-state index in [1.807, 2.05) is 25.2 Å². The third-order valence-corrected chi connectivity index (χ3v) is 9.35. The molecular weight excluding hydrogens is 494 g/mol. The minimum atomic E-state index is -0.346. The number of esters is 1. The Balaban J connectivity index is 2.15. The lowest BCUT2D eigenvalue weighted by molar-refractivity contribution is -0.131. The summed E-state index contributed by atoms with van der Waals surface area (Å²) in [6.07, 6.45) is 1.78. The molecule has 0 aliphatic heterocycles. The Bertz CT molecular complexity index is 1380. The molecule has 5 heteroatoms. The lowest BCUT2D eigenvalue weighted by atomic mass is 9.86. The highest BCUT2D eigenvalue weighted by atomic mass is 79.9. The van der Waals surface area contributed by atoms with Gasteiger partial charge in [0.05, 0.1) is 10.2 Å². The van der Waals surface area contributed by atoms with Gasteiger partial charge in [0.1, 0.15) is 5.75 Å². The fourth-order valence-electron chi connectivity index (χ4n) is 4.86. The summed E-state index contributed by atoms with van der Waals surface area (Å²) in [6, 6.07) is 12.8. The maximum absolute atomic E-state index is 11.6. The first kappa shape index (κ1) is 23.9. The van der Waals surface area contributed by atoms with Gasteiger partial charge in [-0.25, -0.2) is 0 Å². The number of aryl methyl sites for hydroxylation is 3. The number of rotatable bonds is 5. The minimum Gasteiger partial charge on any atom is -0.426 e. The summed E-state index contributed by atoms with van der Waals surface area (Å²) < 4.78 is 7.85. The van der Waals surface area contributed by atoms with E-state index in [-0.39, 0.29) is 11.5 Å². The SMILES string of the molecule is CCC(N)(CC)c1sc2c(Br)c3ccccc3c(-c3cc(C)c(OC(C)=O)c(C)c3)c2c1C. The van der Waals surface area contributed by atoms with Crippen LogP contribution in [0, 0.1) is 20.8 Å². The molecule has 0 saturated heterocycles. The van der Waals surface area contributed by atoms with Crippen molar-refractivity contribution in [3.63, 3.8) is 0 Å². The number of hydrogen-bond donors (Lipinski definition) is 1. The van der Waals surface area contributed by atoms with Gasteiger partial charge in [0.25, 0.3) is 0 Å². The molecule has 0 fully saturated rings. The number of carbonyl (C=O) groups excluding carboxylic acids is 1. The van der Waals surface area contributed by atoms with E-state index in [0.717, 1.165) is 34.0 Å². The van der Waals surface area contributed by atoms with Gasteiger partial charge in [0.2, 0.25) is 0 Å². The fourth-order valence-corrected chi connectivity index (χ4v) is 7.16. The number of benzene rings is 3.